The smallest absolute Gasteiger partial charge is 0.254 e. The van der Waals surface area contributed by atoms with Crippen LogP contribution in [0.5, 0.6) is 5.75 Å². The lowest BCUT2D eigenvalue weighted by Crippen LogP contribution is -2.29. The number of ether oxygens (including phenoxy) is 1. The van der Waals surface area contributed by atoms with Crippen LogP contribution in [0.25, 0.3) is 0 Å². The van der Waals surface area contributed by atoms with Crippen LogP contribution >= 0.6 is 0 Å². The Hall–Kier alpha value is -1.58. The zero-order chi connectivity index (χ0) is 13.5. The van der Waals surface area contributed by atoms with Gasteiger partial charge in [0.15, 0.2) is 0 Å². The average molecular weight is 253 g/mol. The van der Waals surface area contributed by atoms with E-state index in [0.29, 0.717) is 18.2 Å². The normalized spacial score (nSPS) is 10.5. The van der Waals surface area contributed by atoms with Gasteiger partial charge in [-0.2, -0.15) is 0 Å². The van der Waals surface area contributed by atoms with Gasteiger partial charge in [-0.25, -0.2) is 4.39 Å². The van der Waals surface area contributed by atoms with Crippen LogP contribution in [0.3, 0.4) is 0 Å². The minimum absolute atomic E-state index is 0.0572. The number of methoxy groups -OCH3 is 1. The van der Waals surface area contributed by atoms with Crippen LogP contribution in [0, 0.1) is 11.7 Å². The number of hydrogen-bond acceptors (Lipinski definition) is 2. The van der Waals surface area contributed by atoms with Crippen LogP contribution in [0.15, 0.2) is 18.2 Å². The van der Waals surface area contributed by atoms with E-state index in [1.54, 1.807) is 6.07 Å². The molecule has 1 aromatic rings. The molecule has 0 fully saturated rings. The molecule has 0 aliphatic carbocycles. The van der Waals surface area contributed by atoms with Gasteiger partial charge in [-0.15, -0.1) is 0 Å². The summed E-state index contributed by atoms with van der Waals surface area (Å²) in [5.41, 5.74) is 0.0572. The molecule has 0 unspecified atom stereocenters. The van der Waals surface area contributed by atoms with Crippen molar-refractivity contribution in [2.75, 3.05) is 13.7 Å². The highest BCUT2D eigenvalue weighted by molar-refractivity contribution is 5.94. The van der Waals surface area contributed by atoms with Crippen molar-refractivity contribution >= 4 is 5.91 Å². The zero-order valence-electron chi connectivity index (χ0n) is 11.1. The van der Waals surface area contributed by atoms with Gasteiger partial charge < -0.3 is 10.1 Å². The lowest BCUT2D eigenvalue weighted by atomic mass is 10.0. The van der Waals surface area contributed by atoms with E-state index in [9.17, 15) is 9.18 Å². The van der Waals surface area contributed by atoms with Gasteiger partial charge in [-0.1, -0.05) is 26.7 Å². The number of amides is 1. The second-order valence-electron chi connectivity index (χ2n) is 4.24. The summed E-state index contributed by atoms with van der Waals surface area (Å²) in [6.45, 7) is 4.74. The van der Waals surface area contributed by atoms with E-state index in [0.717, 1.165) is 12.8 Å². The molecule has 3 nitrogen and oxygen atoms in total. The predicted octanol–water partition coefficient (Wildman–Crippen LogP) is 3.00. The fourth-order valence-electron chi connectivity index (χ4n) is 1.72. The minimum Gasteiger partial charge on any atom is -0.497 e. The number of carbonyl (C=O) groups is 1. The van der Waals surface area contributed by atoms with Crippen molar-refractivity contribution in [1.29, 1.82) is 0 Å². The van der Waals surface area contributed by atoms with E-state index < -0.39 is 5.82 Å². The maximum absolute atomic E-state index is 13.6. The van der Waals surface area contributed by atoms with Gasteiger partial charge in [0.1, 0.15) is 11.6 Å². The van der Waals surface area contributed by atoms with E-state index in [1.165, 1.54) is 19.2 Å². The van der Waals surface area contributed by atoms with Gasteiger partial charge in [0.05, 0.1) is 12.7 Å². The number of rotatable bonds is 6. The summed E-state index contributed by atoms with van der Waals surface area (Å²) in [5, 5.41) is 2.76. The first kappa shape index (κ1) is 14.5. The number of carbonyl (C=O) groups excluding carboxylic acids is 1. The molecule has 4 heteroatoms. The highest BCUT2D eigenvalue weighted by Crippen LogP contribution is 2.16. The molecule has 0 radical (unpaired) electrons. The van der Waals surface area contributed by atoms with Crippen LogP contribution < -0.4 is 10.1 Å². The fourth-order valence-corrected chi connectivity index (χ4v) is 1.72. The Balaban J connectivity index is 2.67. The molecule has 18 heavy (non-hydrogen) atoms. The lowest BCUT2D eigenvalue weighted by Gasteiger charge is -2.13. The van der Waals surface area contributed by atoms with Crippen LogP contribution in [0.1, 0.15) is 37.0 Å². The van der Waals surface area contributed by atoms with Crippen LogP contribution in [0.4, 0.5) is 4.39 Å². The molecule has 0 heterocycles. The summed E-state index contributed by atoms with van der Waals surface area (Å²) in [4.78, 5) is 11.8. The molecule has 100 valence electrons. The zero-order valence-corrected chi connectivity index (χ0v) is 11.1. The van der Waals surface area contributed by atoms with Crippen molar-refractivity contribution < 1.29 is 13.9 Å². The molecule has 0 saturated heterocycles. The van der Waals surface area contributed by atoms with Gasteiger partial charge in [0, 0.05) is 12.6 Å². The number of benzene rings is 1. The molecule has 0 aliphatic heterocycles. The standard InChI is InChI=1S/C14H20FNO2/c1-4-10(5-2)9-16-14(17)12-7-6-11(18-3)8-13(12)15/h6-8,10H,4-5,9H2,1-3H3,(H,16,17). The first-order chi connectivity index (χ1) is 8.62. The molecule has 0 bridgehead atoms. The van der Waals surface area contributed by atoms with E-state index in [1.807, 2.05) is 0 Å². The van der Waals surface area contributed by atoms with Crippen molar-refractivity contribution in [3.05, 3.63) is 29.6 Å². The molecule has 1 aromatic carbocycles. The topological polar surface area (TPSA) is 38.3 Å². The number of hydrogen-bond donors (Lipinski definition) is 1. The van der Waals surface area contributed by atoms with Gasteiger partial charge in [0.25, 0.3) is 5.91 Å². The Morgan fingerprint density at radius 1 is 1.39 bits per heavy atom. The Labute approximate surface area is 107 Å². The first-order valence-electron chi connectivity index (χ1n) is 6.24. The quantitative estimate of drug-likeness (QED) is 0.846. The summed E-state index contributed by atoms with van der Waals surface area (Å²) in [6.07, 6.45) is 2.00. The van der Waals surface area contributed by atoms with E-state index >= 15 is 0 Å². The maximum Gasteiger partial charge on any atom is 0.254 e. The van der Waals surface area contributed by atoms with Crippen molar-refractivity contribution in [2.24, 2.45) is 5.92 Å². The second kappa shape index (κ2) is 6.99. The Kier molecular flexibility index (Phi) is 5.62. The highest BCUT2D eigenvalue weighted by Gasteiger charge is 2.13. The second-order valence-corrected chi connectivity index (χ2v) is 4.24. The molecular weight excluding hydrogens is 233 g/mol. The number of nitrogens with one attached hydrogen (secondary N) is 1. The molecule has 0 aromatic heterocycles. The van der Waals surface area contributed by atoms with Gasteiger partial charge in [0.2, 0.25) is 0 Å². The average Bonchev–Trinajstić information content (AvgIpc) is 2.39. The van der Waals surface area contributed by atoms with Crippen LogP contribution in [-0.2, 0) is 0 Å². The molecule has 1 amide bonds. The molecule has 0 spiro atoms. The van der Waals surface area contributed by atoms with Crippen LogP contribution in [-0.4, -0.2) is 19.6 Å². The molecular formula is C14H20FNO2. The number of halogens is 1. The highest BCUT2D eigenvalue weighted by atomic mass is 19.1. The van der Waals surface area contributed by atoms with Crippen molar-refractivity contribution in [3.8, 4) is 5.75 Å². The van der Waals surface area contributed by atoms with E-state index in [4.69, 9.17) is 4.74 Å². The Morgan fingerprint density at radius 3 is 2.56 bits per heavy atom. The lowest BCUT2D eigenvalue weighted by molar-refractivity contribution is 0.0942. The van der Waals surface area contributed by atoms with Gasteiger partial charge >= 0.3 is 0 Å². The summed E-state index contributed by atoms with van der Waals surface area (Å²) >= 11 is 0. The first-order valence-corrected chi connectivity index (χ1v) is 6.24. The predicted molar refractivity (Wildman–Crippen MR) is 69.4 cm³/mol. The van der Waals surface area contributed by atoms with Crippen molar-refractivity contribution in [3.63, 3.8) is 0 Å². The van der Waals surface area contributed by atoms with Gasteiger partial charge in [-0.3, -0.25) is 4.79 Å². The Morgan fingerprint density at radius 2 is 2.06 bits per heavy atom. The molecule has 1 N–H and O–H groups in total. The van der Waals surface area contributed by atoms with Crippen molar-refractivity contribution in [1.82, 2.24) is 5.32 Å². The Bertz CT molecular complexity index is 403. The minimum atomic E-state index is -0.559. The van der Waals surface area contributed by atoms with Crippen LogP contribution in [0.2, 0.25) is 0 Å². The molecule has 0 atom stereocenters. The summed E-state index contributed by atoms with van der Waals surface area (Å²) in [6, 6.07) is 4.23. The molecule has 0 aliphatic rings. The third-order valence-corrected chi connectivity index (χ3v) is 3.13. The summed E-state index contributed by atoms with van der Waals surface area (Å²) in [7, 11) is 1.46. The fraction of sp³-hybridized carbons (Fsp3) is 0.500. The largest absolute Gasteiger partial charge is 0.497 e. The summed E-state index contributed by atoms with van der Waals surface area (Å²) in [5.74, 6) is -0.0854. The summed E-state index contributed by atoms with van der Waals surface area (Å²) < 4.78 is 18.5. The van der Waals surface area contributed by atoms with Gasteiger partial charge in [-0.05, 0) is 18.1 Å². The van der Waals surface area contributed by atoms with Crippen molar-refractivity contribution in [2.45, 2.75) is 26.7 Å². The third kappa shape index (κ3) is 3.72. The monoisotopic (exact) mass is 253 g/mol. The third-order valence-electron chi connectivity index (χ3n) is 3.13. The van der Waals surface area contributed by atoms with E-state index in [-0.39, 0.29) is 11.5 Å². The molecule has 1 rings (SSSR count). The maximum atomic E-state index is 13.6. The van der Waals surface area contributed by atoms with E-state index in [2.05, 4.69) is 19.2 Å². The molecule has 0 saturated carbocycles. The SMILES string of the molecule is CCC(CC)CNC(=O)c1ccc(OC)cc1F.